The Balaban J connectivity index is 1.59. The lowest BCUT2D eigenvalue weighted by molar-refractivity contribution is -0.124. The predicted molar refractivity (Wildman–Crippen MR) is 140 cm³/mol. The van der Waals surface area contributed by atoms with Gasteiger partial charge in [0.1, 0.15) is 18.5 Å². The maximum Gasteiger partial charge on any atom is 0.237 e. The molecule has 4 atom stereocenters. The van der Waals surface area contributed by atoms with Crippen molar-refractivity contribution in [1.82, 2.24) is 15.6 Å². The number of hydrogen-bond donors (Lipinski definition) is 2. The van der Waals surface area contributed by atoms with Gasteiger partial charge in [0.05, 0.1) is 24.0 Å². The van der Waals surface area contributed by atoms with E-state index in [1.807, 2.05) is 25.3 Å². The van der Waals surface area contributed by atoms with Gasteiger partial charge in [0.25, 0.3) is 0 Å². The normalized spacial score (nSPS) is 27.0. The van der Waals surface area contributed by atoms with Crippen molar-refractivity contribution in [2.75, 3.05) is 32.9 Å². The summed E-state index contributed by atoms with van der Waals surface area (Å²) in [6, 6.07) is 1.80. The highest BCUT2D eigenvalue weighted by molar-refractivity contribution is 5.87. The summed E-state index contributed by atoms with van der Waals surface area (Å²) in [5.41, 5.74) is 2.90. The van der Waals surface area contributed by atoms with Crippen LogP contribution < -0.4 is 15.4 Å². The molecule has 2 N–H and O–H groups in total. The number of carbonyl (C=O) groups excluding carboxylic acids is 1. The van der Waals surface area contributed by atoms with Crippen LogP contribution in [0.4, 0.5) is 0 Å². The third kappa shape index (κ3) is 6.66. The van der Waals surface area contributed by atoms with Crippen molar-refractivity contribution in [1.29, 1.82) is 0 Å². The Morgan fingerprint density at radius 2 is 2.28 bits per heavy atom. The fourth-order valence-electron chi connectivity index (χ4n) is 4.67. The summed E-state index contributed by atoms with van der Waals surface area (Å²) in [7, 11) is 0. The fraction of sp³-hybridized carbons (Fsp3) is 0.556. The molecule has 2 unspecified atom stereocenters. The number of aliphatic imine (C=N–C) groups is 2. The Labute approximate surface area is 213 Å². The number of nitrogens with one attached hydrogen (secondary N) is 2. The molecule has 9 nitrogen and oxygen atoms in total. The van der Waals surface area contributed by atoms with E-state index < -0.39 is 0 Å². The number of carbonyl (C=O) groups is 1. The molecule has 0 radical (unpaired) electrons. The van der Waals surface area contributed by atoms with Crippen molar-refractivity contribution in [2.45, 2.75) is 57.8 Å². The summed E-state index contributed by atoms with van der Waals surface area (Å²) in [5.74, 6) is 1.22. The van der Waals surface area contributed by atoms with E-state index in [0.29, 0.717) is 50.8 Å². The summed E-state index contributed by atoms with van der Waals surface area (Å²) in [4.78, 5) is 25.8. The third-order valence-electron chi connectivity index (χ3n) is 6.62. The lowest BCUT2D eigenvalue weighted by atomic mass is 9.84. The van der Waals surface area contributed by atoms with Crippen LogP contribution in [-0.2, 0) is 14.3 Å². The minimum absolute atomic E-state index is 0.0131. The number of nitrogens with zero attached hydrogens (tertiary/aromatic N) is 3. The molecule has 9 heteroatoms. The van der Waals surface area contributed by atoms with Crippen LogP contribution in [0.25, 0.3) is 6.08 Å². The lowest BCUT2D eigenvalue weighted by Crippen LogP contribution is -2.51. The highest BCUT2D eigenvalue weighted by Gasteiger charge is 2.32. The number of hydrogen-bond acceptors (Lipinski definition) is 7. The number of pyridine rings is 1. The molecule has 3 aliphatic rings. The quantitative estimate of drug-likeness (QED) is 0.357. The molecule has 1 aromatic heterocycles. The van der Waals surface area contributed by atoms with Gasteiger partial charge in [-0.05, 0) is 57.2 Å². The van der Waals surface area contributed by atoms with Gasteiger partial charge in [-0.25, -0.2) is 9.98 Å². The van der Waals surface area contributed by atoms with Crippen molar-refractivity contribution < 1.29 is 19.0 Å². The Bertz CT molecular complexity index is 1020. The van der Waals surface area contributed by atoms with Gasteiger partial charge in [-0.1, -0.05) is 13.0 Å². The van der Waals surface area contributed by atoms with Crippen LogP contribution >= 0.6 is 0 Å². The molecule has 3 heterocycles. The molecule has 1 fully saturated rings. The van der Waals surface area contributed by atoms with Crippen LogP contribution in [0.15, 0.2) is 40.1 Å². The van der Waals surface area contributed by atoms with Crippen molar-refractivity contribution in [3.05, 3.63) is 41.4 Å². The molecule has 1 saturated heterocycles. The van der Waals surface area contributed by atoms with Crippen LogP contribution in [0.3, 0.4) is 0 Å². The molecule has 1 aromatic rings. The van der Waals surface area contributed by atoms with Crippen LogP contribution in [-0.4, -0.2) is 68.5 Å². The molecule has 2 aliphatic heterocycles. The van der Waals surface area contributed by atoms with Gasteiger partial charge in [0.15, 0.2) is 5.84 Å². The summed E-state index contributed by atoms with van der Waals surface area (Å²) >= 11 is 0. The van der Waals surface area contributed by atoms with E-state index in [1.54, 1.807) is 6.20 Å². The van der Waals surface area contributed by atoms with Gasteiger partial charge >= 0.3 is 0 Å². The predicted octanol–water partition coefficient (Wildman–Crippen LogP) is 3.23. The zero-order valence-corrected chi connectivity index (χ0v) is 21.2. The van der Waals surface area contributed by atoms with Crippen LogP contribution in [0.1, 0.15) is 56.9 Å². The second kappa shape index (κ2) is 12.9. The van der Waals surface area contributed by atoms with Gasteiger partial charge in [0, 0.05) is 43.9 Å². The molecule has 36 heavy (non-hydrogen) atoms. The first-order valence-corrected chi connectivity index (χ1v) is 12.8. The number of amidine groups is 1. The van der Waals surface area contributed by atoms with E-state index in [0.717, 1.165) is 36.2 Å². The van der Waals surface area contributed by atoms with Gasteiger partial charge < -0.3 is 24.8 Å². The minimum atomic E-state index is -0.247. The smallest absolute Gasteiger partial charge is 0.237 e. The Kier molecular flexibility index (Phi) is 9.38. The molecule has 0 aromatic carbocycles. The van der Waals surface area contributed by atoms with Crippen molar-refractivity contribution >= 4 is 24.5 Å². The van der Waals surface area contributed by atoms with E-state index in [9.17, 15) is 4.79 Å². The van der Waals surface area contributed by atoms with Crippen molar-refractivity contribution in [3.63, 3.8) is 0 Å². The average Bonchev–Trinajstić information content (AvgIpc) is 2.89. The molecule has 194 valence electrons. The summed E-state index contributed by atoms with van der Waals surface area (Å²) in [6.07, 6.45) is 10.5. The molecule has 0 saturated carbocycles. The van der Waals surface area contributed by atoms with Gasteiger partial charge in [0.2, 0.25) is 5.91 Å². The summed E-state index contributed by atoms with van der Waals surface area (Å²) in [6.45, 7) is 10.5. The molecule has 4 bridgehead atoms. The van der Waals surface area contributed by atoms with Gasteiger partial charge in [-0.3, -0.25) is 9.78 Å². The number of piperidine rings is 1. The average molecular weight is 496 g/mol. The number of rotatable bonds is 6. The Morgan fingerprint density at radius 3 is 3.11 bits per heavy atom. The van der Waals surface area contributed by atoms with E-state index in [2.05, 4.69) is 45.3 Å². The largest absolute Gasteiger partial charge is 0.489 e. The van der Waals surface area contributed by atoms with E-state index in [1.165, 1.54) is 0 Å². The summed E-state index contributed by atoms with van der Waals surface area (Å²) < 4.78 is 18.3. The zero-order valence-electron chi connectivity index (χ0n) is 21.2. The monoisotopic (exact) mass is 495 g/mol. The Hall–Kier alpha value is -2.88. The number of aromatic nitrogens is 1. The molecule has 4 rings (SSSR count). The second-order valence-corrected chi connectivity index (χ2v) is 9.37. The first-order valence-electron chi connectivity index (χ1n) is 12.8. The van der Waals surface area contributed by atoms with Gasteiger partial charge in [-0.2, -0.15) is 0 Å². The van der Waals surface area contributed by atoms with Crippen molar-refractivity contribution in [3.8, 4) is 5.75 Å². The molecule has 1 aliphatic carbocycles. The van der Waals surface area contributed by atoms with Crippen LogP contribution in [0.2, 0.25) is 0 Å². The number of amides is 1. The number of ether oxygens (including phenoxy) is 3. The standard InChI is InChI=1S/C27H37N5O4/c1-4-11-34-17-25(28-3)32-15-18(2)21-6-7-23-22-13-20(16-31-23)36-19-8-10-29-24(14-19)27(33)30-9-5-12-35-26(21)22/h6-7,13,15-16,19,21,24,26,29H,3-5,8-12,14,17H2,1-2H3,(H,30,33)/b18-15+,32-25?/t19-,21?,24-,26?/m0/s1. The topological polar surface area (TPSA) is 106 Å². The van der Waals surface area contributed by atoms with E-state index in [-0.39, 0.29) is 30.1 Å². The van der Waals surface area contributed by atoms with E-state index >= 15 is 0 Å². The first kappa shape index (κ1) is 26.2. The van der Waals surface area contributed by atoms with Crippen LogP contribution in [0.5, 0.6) is 5.75 Å². The zero-order chi connectivity index (χ0) is 25.3. The molecular weight excluding hydrogens is 458 g/mol. The fourth-order valence-corrected chi connectivity index (χ4v) is 4.67. The molecule has 1 amide bonds. The number of fused-ring (bicyclic) bond motifs is 3. The third-order valence-corrected chi connectivity index (χ3v) is 6.62. The highest BCUT2D eigenvalue weighted by Crippen LogP contribution is 2.40. The SMILES string of the molecule is C=NC(COCCC)=N/C=C(\C)C1C=Cc2ncc3cc2C1OCCCNC(=O)[C@@H]1C[C@H](CCN1)O3. The summed E-state index contributed by atoms with van der Waals surface area (Å²) in [5, 5.41) is 6.33. The van der Waals surface area contributed by atoms with Gasteiger partial charge in [-0.15, -0.1) is 0 Å². The molecule has 0 spiro atoms. The maximum absolute atomic E-state index is 12.6. The second-order valence-electron chi connectivity index (χ2n) is 9.37. The van der Waals surface area contributed by atoms with E-state index in [4.69, 9.17) is 14.2 Å². The lowest BCUT2D eigenvalue weighted by Gasteiger charge is -2.32. The molecular formula is C27H37N5O4. The highest BCUT2D eigenvalue weighted by atomic mass is 16.5. The van der Waals surface area contributed by atoms with Crippen molar-refractivity contribution in [2.24, 2.45) is 15.9 Å². The van der Waals surface area contributed by atoms with Crippen LogP contribution in [0, 0.1) is 5.92 Å². The minimum Gasteiger partial charge on any atom is -0.489 e. The Morgan fingerprint density at radius 1 is 1.39 bits per heavy atom. The maximum atomic E-state index is 12.6. The first-order chi connectivity index (χ1) is 17.6.